The molecule has 0 atom stereocenters. The van der Waals surface area contributed by atoms with Gasteiger partial charge in [-0.25, -0.2) is 4.68 Å². The second-order valence-electron chi connectivity index (χ2n) is 7.92. The zero-order valence-electron chi connectivity index (χ0n) is 19.0. The van der Waals surface area contributed by atoms with E-state index in [1.165, 1.54) is 21.4 Å². The van der Waals surface area contributed by atoms with Gasteiger partial charge in [0.15, 0.2) is 0 Å². The molecular weight excluding hydrogens is 450 g/mol. The van der Waals surface area contributed by atoms with Crippen LogP contribution in [-0.2, 0) is 6.54 Å². The standard InChI is InChI=1S/C25H21N5O5/c1-34-18-9-6-15(7-10-18)14-28-21-13-17(30(32)33)8-11-20(21)23-22(25(28)31)24(26)29(27-23)16-4-3-5-19(12-16)35-2/h3-13H,14,26H2,1-2H3. The first kappa shape index (κ1) is 22.0. The smallest absolute Gasteiger partial charge is 0.271 e. The lowest BCUT2D eigenvalue weighted by Gasteiger charge is -2.12. The number of fused-ring (bicyclic) bond motifs is 3. The first-order valence-electron chi connectivity index (χ1n) is 10.7. The van der Waals surface area contributed by atoms with Crippen LogP contribution in [0.5, 0.6) is 11.5 Å². The molecule has 0 aliphatic carbocycles. The lowest BCUT2D eigenvalue weighted by Crippen LogP contribution is -2.22. The summed E-state index contributed by atoms with van der Waals surface area (Å²) in [5, 5.41) is 16.9. The van der Waals surface area contributed by atoms with E-state index < -0.39 is 10.5 Å². The van der Waals surface area contributed by atoms with Crippen LogP contribution in [-0.4, -0.2) is 33.5 Å². The Hall–Kier alpha value is -4.86. The topological polar surface area (TPSA) is 127 Å². The third kappa shape index (κ3) is 3.70. The fraction of sp³-hybridized carbons (Fsp3) is 0.120. The van der Waals surface area contributed by atoms with Crippen molar-refractivity contribution in [1.29, 1.82) is 0 Å². The number of benzene rings is 3. The summed E-state index contributed by atoms with van der Waals surface area (Å²) in [7, 11) is 3.13. The van der Waals surface area contributed by atoms with Gasteiger partial charge in [-0.3, -0.25) is 14.9 Å². The van der Waals surface area contributed by atoms with Crippen molar-refractivity contribution in [2.24, 2.45) is 0 Å². The largest absolute Gasteiger partial charge is 0.497 e. The van der Waals surface area contributed by atoms with E-state index >= 15 is 0 Å². The first-order chi connectivity index (χ1) is 16.9. The van der Waals surface area contributed by atoms with Crippen molar-refractivity contribution < 1.29 is 14.4 Å². The van der Waals surface area contributed by atoms with Gasteiger partial charge in [-0.15, -0.1) is 0 Å². The average molecular weight is 471 g/mol. The summed E-state index contributed by atoms with van der Waals surface area (Å²) in [5.74, 6) is 1.46. The third-order valence-corrected chi connectivity index (χ3v) is 5.92. The van der Waals surface area contributed by atoms with Gasteiger partial charge in [0.05, 0.1) is 36.9 Å². The van der Waals surface area contributed by atoms with Crippen molar-refractivity contribution in [3.8, 4) is 17.2 Å². The number of non-ortho nitro benzene ring substituents is 1. The number of nitrogen functional groups attached to an aromatic ring is 1. The molecule has 5 aromatic rings. The Balaban J connectivity index is 1.80. The van der Waals surface area contributed by atoms with E-state index in [1.54, 1.807) is 56.7 Å². The number of anilines is 1. The van der Waals surface area contributed by atoms with Crippen molar-refractivity contribution in [3.05, 3.63) is 92.8 Å². The van der Waals surface area contributed by atoms with Crippen molar-refractivity contribution in [3.63, 3.8) is 0 Å². The maximum atomic E-state index is 13.8. The highest BCUT2D eigenvalue weighted by Crippen LogP contribution is 2.31. The summed E-state index contributed by atoms with van der Waals surface area (Å²) >= 11 is 0. The first-order valence-corrected chi connectivity index (χ1v) is 10.7. The zero-order chi connectivity index (χ0) is 24.7. The van der Waals surface area contributed by atoms with E-state index in [4.69, 9.17) is 15.2 Å². The van der Waals surface area contributed by atoms with Gasteiger partial charge in [-0.1, -0.05) is 18.2 Å². The molecule has 0 bridgehead atoms. The molecule has 3 aromatic carbocycles. The molecule has 2 N–H and O–H groups in total. The molecule has 0 saturated carbocycles. The van der Waals surface area contributed by atoms with E-state index in [9.17, 15) is 14.9 Å². The minimum Gasteiger partial charge on any atom is -0.497 e. The van der Waals surface area contributed by atoms with Crippen LogP contribution in [0.2, 0.25) is 0 Å². The summed E-state index contributed by atoms with van der Waals surface area (Å²) in [4.78, 5) is 24.7. The molecule has 0 unspecified atom stereocenters. The molecule has 0 radical (unpaired) electrons. The molecule has 0 fully saturated rings. The number of methoxy groups -OCH3 is 2. The Morgan fingerprint density at radius 2 is 1.74 bits per heavy atom. The molecule has 0 spiro atoms. The SMILES string of the molecule is COc1ccc(Cn2c(=O)c3c(N)n(-c4cccc(OC)c4)nc3c3ccc([N+](=O)[O-])cc32)cc1. The van der Waals surface area contributed by atoms with Crippen LogP contribution in [0.3, 0.4) is 0 Å². The quantitative estimate of drug-likeness (QED) is 0.294. The van der Waals surface area contributed by atoms with Gasteiger partial charge in [0.1, 0.15) is 28.2 Å². The van der Waals surface area contributed by atoms with Crippen LogP contribution >= 0.6 is 0 Å². The number of hydrogen-bond donors (Lipinski definition) is 1. The van der Waals surface area contributed by atoms with Crippen molar-refractivity contribution in [2.45, 2.75) is 6.54 Å². The van der Waals surface area contributed by atoms with Crippen LogP contribution in [0.25, 0.3) is 27.5 Å². The Morgan fingerprint density at radius 3 is 2.43 bits per heavy atom. The van der Waals surface area contributed by atoms with E-state index in [0.29, 0.717) is 33.6 Å². The number of hydrogen-bond acceptors (Lipinski definition) is 7. The molecule has 10 nitrogen and oxygen atoms in total. The Kier molecular flexibility index (Phi) is 5.33. The van der Waals surface area contributed by atoms with Crippen molar-refractivity contribution in [2.75, 3.05) is 20.0 Å². The predicted molar refractivity (Wildman–Crippen MR) is 133 cm³/mol. The van der Waals surface area contributed by atoms with Crippen LogP contribution in [0.4, 0.5) is 11.5 Å². The molecule has 0 saturated heterocycles. The van der Waals surface area contributed by atoms with Crippen molar-refractivity contribution >= 4 is 33.3 Å². The van der Waals surface area contributed by atoms with Gasteiger partial charge in [-0.2, -0.15) is 5.10 Å². The van der Waals surface area contributed by atoms with Crippen LogP contribution in [0.15, 0.2) is 71.5 Å². The summed E-state index contributed by atoms with van der Waals surface area (Å²) in [6.07, 6.45) is 0. The zero-order valence-corrected chi connectivity index (χ0v) is 19.0. The molecule has 0 amide bonds. The van der Waals surface area contributed by atoms with Gasteiger partial charge in [0.25, 0.3) is 11.2 Å². The number of pyridine rings is 1. The third-order valence-electron chi connectivity index (χ3n) is 5.92. The van der Waals surface area contributed by atoms with Crippen LogP contribution in [0.1, 0.15) is 5.56 Å². The molecule has 0 aliphatic heterocycles. The lowest BCUT2D eigenvalue weighted by molar-refractivity contribution is -0.384. The number of aromatic nitrogens is 3. The van der Waals surface area contributed by atoms with E-state index in [-0.39, 0.29) is 23.4 Å². The fourth-order valence-corrected chi connectivity index (χ4v) is 4.14. The fourth-order valence-electron chi connectivity index (χ4n) is 4.14. The monoisotopic (exact) mass is 471 g/mol. The maximum Gasteiger partial charge on any atom is 0.271 e. The van der Waals surface area contributed by atoms with Gasteiger partial charge < -0.3 is 19.8 Å². The van der Waals surface area contributed by atoms with Crippen molar-refractivity contribution in [1.82, 2.24) is 14.3 Å². The van der Waals surface area contributed by atoms with Gasteiger partial charge in [0.2, 0.25) is 0 Å². The second kappa shape index (κ2) is 8.49. The number of ether oxygens (including phenoxy) is 2. The summed E-state index contributed by atoms with van der Waals surface area (Å²) in [6, 6.07) is 18.8. The average Bonchev–Trinajstić information content (AvgIpc) is 3.24. The minimum atomic E-state index is -0.491. The highest BCUT2D eigenvalue weighted by Gasteiger charge is 2.21. The molecule has 10 heteroatoms. The summed E-state index contributed by atoms with van der Waals surface area (Å²) in [6.45, 7) is 0.181. The number of nitro groups is 1. The van der Waals surface area contributed by atoms with Gasteiger partial charge in [0, 0.05) is 23.6 Å². The number of nitro benzene ring substituents is 1. The molecule has 176 valence electrons. The maximum absolute atomic E-state index is 13.8. The molecule has 2 aromatic heterocycles. The van der Waals surface area contributed by atoms with E-state index in [1.807, 2.05) is 12.1 Å². The number of nitrogens with two attached hydrogens (primary N) is 1. The lowest BCUT2D eigenvalue weighted by atomic mass is 10.1. The molecule has 0 aliphatic rings. The van der Waals surface area contributed by atoms with E-state index in [2.05, 4.69) is 5.10 Å². The Bertz CT molecular complexity index is 1650. The molecular formula is C25H21N5O5. The van der Waals surface area contributed by atoms with Crippen LogP contribution in [0, 0.1) is 10.1 Å². The number of nitrogens with zero attached hydrogens (tertiary/aromatic N) is 4. The highest BCUT2D eigenvalue weighted by molar-refractivity contribution is 6.07. The molecule has 2 heterocycles. The second-order valence-corrected chi connectivity index (χ2v) is 7.92. The highest BCUT2D eigenvalue weighted by atomic mass is 16.6. The number of rotatable bonds is 6. The normalized spacial score (nSPS) is 11.1. The Labute approximate surface area is 198 Å². The summed E-state index contributed by atoms with van der Waals surface area (Å²) < 4.78 is 13.5. The summed E-state index contributed by atoms with van der Waals surface area (Å²) in [5.41, 5.74) is 8.13. The van der Waals surface area contributed by atoms with Gasteiger partial charge >= 0.3 is 0 Å². The Morgan fingerprint density at radius 1 is 1.00 bits per heavy atom. The molecule has 35 heavy (non-hydrogen) atoms. The minimum absolute atomic E-state index is 0.125. The van der Waals surface area contributed by atoms with Crippen LogP contribution < -0.4 is 20.8 Å². The predicted octanol–water partition coefficient (Wildman–Crippen LogP) is 3.90. The van der Waals surface area contributed by atoms with Gasteiger partial charge in [-0.05, 0) is 35.9 Å². The molecule has 5 rings (SSSR count). The van der Waals surface area contributed by atoms with E-state index in [0.717, 1.165) is 5.56 Å².